The van der Waals surface area contributed by atoms with Crippen molar-refractivity contribution in [2.24, 2.45) is 0 Å². The van der Waals surface area contributed by atoms with Crippen LogP contribution in [0.1, 0.15) is 39.7 Å². The van der Waals surface area contributed by atoms with Crippen molar-refractivity contribution in [3.8, 4) is 5.75 Å². The molecule has 0 aliphatic rings. The van der Waals surface area contributed by atoms with Crippen molar-refractivity contribution < 1.29 is 9.90 Å². The fourth-order valence-corrected chi connectivity index (χ4v) is 3.41. The Hall–Kier alpha value is -1.88. The van der Waals surface area contributed by atoms with Crippen molar-refractivity contribution in [1.29, 1.82) is 0 Å². The van der Waals surface area contributed by atoms with E-state index in [2.05, 4.69) is 4.98 Å². The highest BCUT2D eigenvalue weighted by Gasteiger charge is 2.21. The van der Waals surface area contributed by atoms with E-state index in [4.69, 9.17) is 0 Å². The fourth-order valence-electron chi connectivity index (χ4n) is 2.39. The predicted octanol–water partition coefficient (Wildman–Crippen LogP) is 3.54. The number of phenols is 1. The summed E-state index contributed by atoms with van der Waals surface area (Å²) < 4.78 is 0. The normalized spacial score (nSPS) is 12.2. The summed E-state index contributed by atoms with van der Waals surface area (Å²) in [6.45, 7) is 7.81. The fraction of sp³-hybridized carbons (Fsp3) is 0.412. The minimum Gasteiger partial charge on any atom is -0.508 e. The van der Waals surface area contributed by atoms with Gasteiger partial charge in [-0.3, -0.25) is 4.79 Å². The number of thiazole rings is 1. The maximum absolute atomic E-state index is 12.5. The van der Waals surface area contributed by atoms with Gasteiger partial charge >= 0.3 is 0 Å². The van der Waals surface area contributed by atoms with E-state index >= 15 is 0 Å². The van der Waals surface area contributed by atoms with E-state index in [1.165, 1.54) is 0 Å². The molecule has 1 heterocycles. The van der Waals surface area contributed by atoms with Crippen LogP contribution in [0.2, 0.25) is 0 Å². The third-order valence-electron chi connectivity index (χ3n) is 3.92. The van der Waals surface area contributed by atoms with Crippen molar-refractivity contribution in [1.82, 2.24) is 9.88 Å². The molecule has 1 amide bonds. The van der Waals surface area contributed by atoms with Crippen molar-refractivity contribution in [2.75, 3.05) is 7.05 Å². The molecule has 0 aliphatic carbocycles. The lowest BCUT2D eigenvalue weighted by Gasteiger charge is -2.24. The van der Waals surface area contributed by atoms with Crippen LogP contribution in [0.15, 0.2) is 18.2 Å². The van der Waals surface area contributed by atoms with Gasteiger partial charge in [-0.2, -0.15) is 0 Å². The summed E-state index contributed by atoms with van der Waals surface area (Å²) in [5, 5.41) is 10.8. The van der Waals surface area contributed by atoms with Crippen LogP contribution in [0.3, 0.4) is 0 Å². The van der Waals surface area contributed by atoms with E-state index in [0.717, 1.165) is 26.7 Å². The van der Waals surface area contributed by atoms with E-state index in [0.29, 0.717) is 0 Å². The second kappa shape index (κ2) is 6.48. The second-order valence-electron chi connectivity index (χ2n) is 5.66. The molecular weight excluding hydrogens is 296 g/mol. The zero-order valence-electron chi connectivity index (χ0n) is 13.7. The zero-order chi connectivity index (χ0) is 16.4. The summed E-state index contributed by atoms with van der Waals surface area (Å²) in [4.78, 5) is 19.8. The Labute approximate surface area is 135 Å². The number of hydrogen-bond acceptors (Lipinski definition) is 4. The van der Waals surface area contributed by atoms with Crippen molar-refractivity contribution in [3.63, 3.8) is 0 Å². The van der Waals surface area contributed by atoms with Crippen LogP contribution in [0.25, 0.3) is 0 Å². The van der Waals surface area contributed by atoms with Crippen LogP contribution in [-0.4, -0.2) is 27.9 Å². The summed E-state index contributed by atoms with van der Waals surface area (Å²) >= 11 is 1.63. The molecule has 0 saturated heterocycles. The van der Waals surface area contributed by atoms with Gasteiger partial charge < -0.3 is 10.0 Å². The number of nitrogens with zero attached hydrogens (tertiary/aromatic N) is 2. The average Bonchev–Trinajstić information content (AvgIpc) is 2.80. The van der Waals surface area contributed by atoms with E-state index in [9.17, 15) is 9.90 Å². The Balaban J connectivity index is 2.11. The molecule has 2 aromatic rings. The third kappa shape index (κ3) is 3.47. The van der Waals surface area contributed by atoms with Crippen LogP contribution < -0.4 is 0 Å². The maximum Gasteiger partial charge on any atom is 0.227 e. The van der Waals surface area contributed by atoms with E-state index in [1.54, 1.807) is 22.3 Å². The molecular formula is C17H22N2O2S. The van der Waals surface area contributed by atoms with Crippen molar-refractivity contribution in [3.05, 3.63) is 44.9 Å². The third-order valence-corrected chi connectivity index (χ3v) is 5.17. The first kappa shape index (κ1) is 16.5. The van der Waals surface area contributed by atoms with Gasteiger partial charge in [-0.1, -0.05) is 12.1 Å². The van der Waals surface area contributed by atoms with Gasteiger partial charge in [-0.15, -0.1) is 11.3 Å². The lowest BCUT2D eigenvalue weighted by atomic mass is 10.1. The van der Waals surface area contributed by atoms with Gasteiger partial charge in [0.05, 0.1) is 23.2 Å². The summed E-state index contributed by atoms with van der Waals surface area (Å²) in [6, 6.07) is 5.37. The molecule has 1 aromatic carbocycles. The topological polar surface area (TPSA) is 53.4 Å². The number of benzene rings is 1. The molecule has 0 radical (unpaired) electrons. The number of rotatable bonds is 4. The van der Waals surface area contributed by atoms with Crippen molar-refractivity contribution >= 4 is 17.2 Å². The van der Waals surface area contributed by atoms with E-state index < -0.39 is 0 Å². The minimum absolute atomic E-state index is 0.00209. The number of phenolic OH excluding ortho intramolecular Hbond substituents is 1. The first-order chi connectivity index (χ1) is 10.3. The highest BCUT2D eigenvalue weighted by Crippen LogP contribution is 2.28. The molecule has 0 fully saturated rings. The molecule has 0 saturated carbocycles. The highest BCUT2D eigenvalue weighted by atomic mass is 32.1. The van der Waals surface area contributed by atoms with Gasteiger partial charge in [-0.05, 0) is 44.9 Å². The van der Waals surface area contributed by atoms with E-state index in [1.807, 2.05) is 46.9 Å². The molecule has 0 aliphatic heterocycles. The van der Waals surface area contributed by atoms with Gasteiger partial charge in [0.25, 0.3) is 0 Å². The summed E-state index contributed by atoms with van der Waals surface area (Å²) in [5.41, 5.74) is 2.63. The number of likely N-dealkylation sites (N-methyl/N-ethyl adjacent to an activating group) is 1. The molecule has 118 valence electrons. The standard InChI is InChI=1S/C17H22N2O2S/c1-10-6-7-14(8-15(10)20)9-16(21)19(5)12(3)17-11(2)18-13(4)22-17/h6-8,12,20H,9H2,1-5H3. The van der Waals surface area contributed by atoms with Gasteiger partial charge in [0.1, 0.15) is 5.75 Å². The smallest absolute Gasteiger partial charge is 0.227 e. The summed E-state index contributed by atoms with van der Waals surface area (Å²) in [6.07, 6.45) is 0.283. The predicted molar refractivity (Wildman–Crippen MR) is 89.3 cm³/mol. The highest BCUT2D eigenvalue weighted by molar-refractivity contribution is 7.11. The zero-order valence-corrected chi connectivity index (χ0v) is 14.5. The number of carbonyl (C=O) groups is 1. The monoisotopic (exact) mass is 318 g/mol. The average molecular weight is 318 g/mol. The number of carbonyl (C=O) groups excluding carboxylic acids is 1. The number of amides is 1. The van der Waals surface area contributed by atoms with Gasteiger partial charge in [0.2, 0.25) is 5.91 Å². The molecule has 22 heavy (non-hydrogen) atoms. The number of aromatic nitrogens is 1. The van der Waals surface area contributed by atoms with Gasteiger partial charge in [0, 0.05) is 11.9 Å². The Morgan fingerprint density at radius 1 is 1.36 bits per heavy atom. The van der Waals surface area contributed by atoms with Gasteiger partial charge in [-0.25, -0.2) is 4.98 Å². The largest absolute Gasteiger partial charge is 0.508 e. The van der Waals surface area contributed by atoms with Crippen LogP contribution in [0, 0.1) is 20.8 Å². The molecule has 1 atom stereocenters. The number of aromatic hydroxyl groups is 1. The Morgan fingerprint density at radius 2 is 2.05 bits per heavy atom. The van der Waals surface area contributed by atoms with Crippen LogP contribution in [0.4, 0.5) is 0 Å². The Morgan fingerprint density at radius 3 is 2.59 bits per heavy atom. The Kier molecular flexibility index (Phi) is 4.86. The molecule has 1 aromatic heterocycles. The van der Waals surface area contributed by atoms with Crippen molar-refractivity contribution in [2.45, 2.75) is 40.2 Å². The Bertz CT molecular complexity index is 694. The molecule has 0 spiro atoms. The molecule has 5 heteroatoms. The molecule has 2 rings (SSSR count). The molecule has 1 unspecified atom stereocenters. The quantitative estimate of drug-likeness (QED) is 0.938. The van der Waals surface area contributed by atoms with Crippen LogP contribution in [0.5, 0.6) is 5.75 Å². The van der Waals surface area contributed by atoms with Crippen LogP contribution >= 0.6 is 11.3 Å². The molecule has 1 N–H and O–H groups in total. The SMILES string of the molecule is Cc1nc(C)c(C(C)N(C)C(=O)Cc2ccc(C)c(O)c2)s1. The summed E-state index contributed by atoms with van der Waals surface area (Å²) in [7, 11) is 1.82. The maximum atomic E-state index is 12.5. The lowest BCUT2D eigenvalue weighted by Crippen LogP contribution is -2.30. The number of hydrogen-bond donors (Lipinski definition) is 1. The lowest BCUT2D eigenvalue weighted by molar-refractivity contribution is -0.131. The molecule has 0 bridgehead atoms. The van der Waals surface area contributed by atoms with E-state index in [-0.39, 0.29) is 24.1 Å². The first-order valence-corrected chi connectivity index (χ1v) is 8.09. The minimum atomic E-state index is -0.00209. The first-order valence-electron chi connectivity index (χ1n) is 7.27. The van der Waals surface area contributed by atoms with Crippen LogP contribution in [-0.2, 0) is 11.2 Å². The molecule has 4 nitrogen and oxygen atoms in total. The number of aryl methyl sites for hydroxylation is 3. The second-order valence-corrected chi connectivity index (χ2v) is 6.90. The summed E-state index contributed by atoms with van der Waals surface area (Å²) in [5.74, 6) is 0.260. The van der Waals surface area contributed by atoms with Gasteiger partial charge in [0.15, 0.2) is 0 Å².